The Morgan fingerprint density at radius 3 is 2.57 bits per heavy atom. The molecular weight excluding hydrogens is 354 g/mol. The SMILES string of the molecule is N[C@@H](CCC(=O)O)C(=O)Nc1ccc(C=Cc2ccnc3ccccc23)cc1. The van der Waals surface area contributed by atoms with Crippen LogP contribution in [0.3, 0.4) is 0 Å². The number of carbonyl (C=O) groups is 2. The van der Waals surface area contributed by atoms with Gasteiger partial charge in [0.1, 0.15) is 0 Å². The Bertz CT molecular complexity index is 1010. The highest BCUT2D eigenvalue weighted by Gasteiger charge is 2.14. The van der Waals surface area contributed by atoms with Crippen LogP contribution in [0, 0.1) is 0 Å². The molecule has 2 aromatic carbocycles. The molecule has 3 aromatic rings. The van der Waals surface area contributed by atoms with Gasteiger partial charge < -0.3 is 16.2 Å². The highest BCUT2D eigenvalue weighted by Crippen LogP contribution is 2.19. The topological polar surface area (TPSA) is 105 Å². The number of nitrogens with zero attached hydrogens (tertiary/aromatic N) is 1. The summed E-state index contributed by atoms with van der Waals surface area (Å²) in [5.74, 6) is -1.37. The number of aliphatic carboxylic acids is 1. The molecule has 0 aliphatic heterocycles. The summed E-state index contributed by atoms with van der Waals surface area (Å²) in [7, 11) is 0. The van der Waals surface area contributed by atoms with E-state index in [0.717, 1.165) is 22.0 Å². The van der Waals surface area contributed by atoms with Crippen LogP contribution in [-0.2, 0) is 9.59 Å². The third kappa shape index (κ3) is 5.02. The van der Waals surface area contributed by atoms with E-state index >= 15 is 0 Å². The summed E-state index contributed by atoms with van der Waals surface area (Å²) in [5.41, 5.74) is 9.33. The van der Waals surface area contributed by atoms with Gasteiger partial charge in [0.2, 0.25) is 5.91 Å². The van der Waals surface area contributed by atoms with Gasteiger partial charge in [-0.15, -0.1) is 0 Å². The maximum absolute atomic E-state index is 12.0. The molecule has 0 spiro atoms. The second-order valence-electron chi connectivity index (χ2n) is 6.40. The van der Waals surface area contributed by atoms with Crippen LogP contribution in [0.25, 0.3) is 23.1 Å². The van der Waals surface area contributed by atoms with Crippen LogP contribution in [0.5, 0.6) is 0 Å². The number of nitrogens with one attached hydrogen (secondary N) is 1. The highest BCUT2D eigenvalue weighted by molar-refractivity contribution is 5.95. The number of rotatable bonds is 7. The average Bonchev–Trinajstić information content (AvgIpc) is 2.71. The van der Waals surface area contributed by atoms with E-state index in [1.54, 1.807) is 18.3 Å². The zero-order chi connectivity index (χ0) is 19.9. The summed E-state index contributed by atoms with van der Waals surface area (Å²) < 4.78 is 0. The first-order valence-corrected chi connectivity index (χ1v) is 8.93. The number of carbonyl (C=O) groups excluding carboxylic acids is 1. The minimum absolute atomic E-state index is 0.0991. The van der Waals surface area contributed by atoms with Crippen molar-refractivity contribution >= 4 is 40.6 Å². The van der Waals surface area contributed by atoms with Crippen molar-refractivity contribution in [1.29, 1.82) is 0 Å². The zero-order valence-electron chi connectivity index (χ0n) is 15.2. The summed E-state index contributed by atoms with van der Waals surface area (Å²) in [5, 5.41) is 12.4. The minimum atomic E-state index is -0.971. The van der Waals surface area contributed by atoms with Crippen molar-refractivity contribution in [2.75, 3.05) is 5.32 Å². The molecule has 0 aliphatic rings. The van der Waals surface area contributed by atoms with Crippen LogP contribution in [0.15, 0.2) is 60.8 Å². The van der Waals surface area contributed by atoms with Crippen molar-refractivity contribution in [2.45, 2.75) is 18.9 Å². The number of nitrogens with two attached hydrogens (primary N) is 1. The molecular formula is C22H21N3O3. The second kappa shape index (κ2) is 8.92. The van der Waals surface area contributed by atoms with Crippen LogP contribution in [-0.4, -0.2) is 28.0 Å². The van der Waals surface area contributed by atoms with Crippen molar-refractivity contribution in [2.24, 2.45) is 5.73 Å². The summed E-state index contributed by atoms with van der Waals surface area (Å²) in [6.07, 6.45) is 5.77. The number of para-hydroxylation sites is 1. The molecule has 4 N–H and O–H groups in total. The second-order valence-corrected chi connectivity index (χ2v) is 6.40. The van der Waals surface area contributed by atoms with E-state index in [9.17, 15) is 9.59 Å². The van der Waals surface area contributed by atoms with Gasteiger partial charge in [-0.05, 0) is 41.8 Å². The van der Waals surface area contributed by atoms with E-state index in [1.807, 2.05) is 54.6 Å². The smallest absolute Gasteiger partial charge is 0.303 e. The van der Waals surface area contributed by atoms with Gasteiger partial charge in [0.15, 0.2) is 0 Å². The molecule has 0 fully saturated rings. The van der Waals surface area contributed by atoms with Crippen molar-refractivity contribution in [1.82, 2.24) is 4.98 Å². The first kappa shape index (κ1) is 19.3. The third-order valence-electron chi connectivity index (χ3n) is 4.32. The van der Waals surface area contributed by atoms with Gasteiger partial charge >= 0.3 is 5.97 Å². The summed E-state index contributed by atoms with van der Waals surface area (Å²) in [6, 6.07) is 16.4. The fourth-order valence-corrected chi connectivity index (χ4v) is 2.77. The van der Waals surface area contributed by atoms with Gasteiger partial charge in [-0.3, -0.25) is 14.6 Å². The maximum atomic E-state index is 12.0. The quantitative estimate of drug-likeness (QED) is 0.586. The summed E-state index contributed by atoms with van der Waals surface area (Å²) in [6.45, 7) is 0. The van der Waals surface area contributed by atoms with Crippen molar-refractivity contribution in [3.8, 4) is 0 Å². The maximum Gasteiger partial charge on any atom is 0.303 e. The van der Waals surface area contributed by atoms with Gasteiger partial charge in [-0.1, -0.05) is 42.5 Å². The molecule has 0 aliphatic carbocycles. The van der Waals surface area contributed by atoms with E-state index in [1.165, 1.54) is 0 Å². The lowest BCUT2D eigenvalue weighted by molar-refractivity contribution is -0.137. The number of aromatic nitrogens is 1. The Hall–Kier alpha value is -3.51. The lowest BCUT2D eigenvalue weighted by atomic mass is 10.1. The third-order valence-corrected chi connectivity index (χ3v) is 4.32. The largest absolute Gasteiger partial charge is 0.481 e. The van der Waals surface area contributed by atoms with Crippen LogP contribution >= 0.6 is 0 Å². The molecule has 0 bridgehead atoms. The number of benzene rings is 2. The minimum Gasteiger partial charge on any atom is -0.481 e. The number of anilines is 1. The Labute approximate surface area is 162 Å². The van der Waals surface area contributed by atoms with E-state index in [0.29, 0.717) is 5.69 Å². The summed E-state index contributed by atoms with van der Waals surface area (Å²) >= 11 is 0. The van der Waals surface area contributed by atoms with Crippen LogP contribution in [0.2, 0.25) is 0 Å². The lowest BCUT2D eigenvalue weighted by Crippen LogP contribution is -2.36. The molecule has 1 amide bonds. The monoisotopic (exact) mass is 375 g/mol. The standard InChI is InChI=1S/C22H21N3O3/c23-19(11-12-21(26)27)22(28)25-17-9-6-15(7-10-17)5-8-16-13-14-24-20-4-2-1-3-18(16)20/h1-10,13-14,19H,11-12,23H2,(H,25,28)(H,26,27)/t19-/m0/s1. The Morgan fingerprint density at radius 2 is 1.82 bits per heavy atom. The molecule has 28 heavy (non-hydrogen) atoms. The molecule has 142 valence electrons. The summed E-state index contributed by atoms with van der Waals surface area (Å²) in [4.78, 5) is 26.9. The molecule has 1 aromatic heterocycles. The van der Waals surface area contributed by atoms with Gasteiger partial charge in [0.25, 0.3) is 0 Å². The Balaban J connectivity index is 1.65. The first-order chi connectivity index (χ1) is 13.5. The lowest BCUT2D eigenvalue weighted by Gasteiger charge is -2.11. The van der Waals surface area contributed by atoms with Crippen molar-refractivity contribution in [3.05, 3.63) is 71.9 Å². The molecule has 1 atom stereocenters. The predicted molar refractivity (Wildman–Crippen MR) is 111 cm³/mol. The number of pyridine rings is 1. The zero-order valence-corrected chi connectivity index (χ0v) is 15.2. The molecule has 6 nitrogen and oxygen atoms in total. The highest BCUT2D eigenvalue weighted by atomic mass is 16.4. The number of carboxylic acid groups (broad SMARTS) is 1. The number of hydrogen-bond acceptors (Lipinski definition) is 4. The van der Waals surface area contributed by atoms with Gasteiger partial charge in [-0.2, -0.15) is 0 Å². The molecule has 0 saturated heterocycles. The Kier molecular flexibility index (Phi) is 6.14. The molecule has 0 unspecified atom stereocenters. The predicted octanol–water partition coefficient (Wildman–Crippen LogP) is 3.54. The number of hydrogen-bond donors (Lipinski definition) is 3. The van der Waals surface area contributed by atoms with E-state index < -0.39 is 17.9 Å². The van der Waals surface area contributed by atoms with E-state index in [-0.39, 0.29) is 12.8 Å². The molecule has 1 heterocycles. The van der Waals surface area contributed by atoms with Crippen molar-refractivity contribution in [3.63, 3.8) is 0 Å². The van der Waals surface area contributed by atoms with E-state index in [4.69, 9.17) is 10.8 Å². The average molecular weight is 375 g/mol. The van der Waals surface area contributed by atoms with Gasteiger partial charge in [0.05, 0.1) is 11.6 Å². The first-order valence-electron chi connectivity index (χ1n) is 8.93. The van der Waals surface area contributed by atoms with Crippen LogP contribution in [0.4, 0.5) is 5.69 Å². The normalized spacial score (nSPS) is 12.2. The van der Waals surface area contributed by atoms with Crippen molar-refractivity contribution < 1.29 is 14.7 Å². The fourth-order valence-electron chi connectivity index (χ4n) is 2.77. The molecule has 0 saturated carbocycles. The van der Waals surface area contributed by atoms with E-state index in [2.05, 4.69) is 10.3 Å². The van der Waals surface area contributed by atoms with Gasteiger partial charge in [-0.25, -0.2) is 0 Å². The number of fused-ring (bicyclic) bond motifs is 1. The van der Waals surface area contributed by atoms with Gasteiger partial charge in [0, 0.05) is 23.7 Å². The van der Waals surface area contributed by atoms with Crippen LogP contribution in [0.1, 0.15) is 24.0 Å². The molecule has 3 rings (SSSR count). The Morgan fingerprint density at radius 1 is 1.07 bits per heavy atom. The number of carboxylic acids is 1. The molecule has 0 radical (unpaired) electrons. The number of amides is 1. The fraction of sp³-hybridized carbons (Fsp3) is 0.136. The molecule has 6 heteroatoms. The van der Waals surface area contributed by atoms with Crippen LogP contribution < -0.4 is 11.1 Å².